The average molecular weight is 419 g/mol. The molecule has 0 bridgehead atoms. The van der Waals surface area contributed by atoms with Gasteiger partial charge in [-0.15, -0.1) is 0 Å². The van der Waals surface area contributed by atoms with Gasteiger partial charge < -0.3 is 24.6 Å². The van der Waals surface area contributed by atoms with Gasteiger partial charge in [-0.25, -0.2) is 4.79 Å². The Balaban J connectivity index is 1.49. The summed E-state index contributed by atoms with van der Waals surface area (Å²) in [4.78, 5) is 19.5. The van der Waals surface area contributed by atoms with Crippen molar-refractivity contribution in [2.24, 2.45) is 5.92 Å². The fraction of sp³-hybridized carbons (Fsp3) is 0.696. The van der Waals surface area contributed by atoms with Gasteiger partial charge in [0.2, 0.25) is 0 Å². The van der Waals surface area contributed by atoms with E-state index < -0.39 is 0 Å². The Bertz CT molecular complexity index is 656. The van der Waals surface area contributed by atoms with Crippen LogP contribution >= 0.6 is 0 Å². The predicted octanol–water partition coefficient (Wildman–Crippen LogP) is 2.66. The second kappa shape index (κ2) is 11.4. The lowest BCUT2D eigenvalue weighted by Crippen LogP contribution is -2.55. The van der Waals surface area contributed by atoms with Gasteiger partial charge >= 0.3 is 6.03 Å². The average Bonchev–Trinajstić information content (AvgIpc) is 2.77. The zero-order valence-corrected chi connectivity index (χ0v) is 18.8. The molecule has 7 nitrogen and oxygen atoms in total. The van der Waals surface area contributed by atoms with Crippen molar-refractivity contribution in [2.45, 2.75) is 33.2 Å². The minimum Gasteiger partial charge on any atom is -0.492 e. The molecule has 2 heterocycles. The number of benzene rings is 1. The molecular formula is C23H38N4O3. The molecule has 1 atom stereocenters. The van der Waals surface area contributed by atoms with Gasteiger partial charge in [-0.2, -0.15) is 0 Å². The van der Waals surface area contributed by atoms with Crippen molar-refractivity contribution in [3.63, 3.8) is 0 Å². The summed E-state index contributed by atoms with van der Waals surface area (Å²) in [6.07, 6.45) is 1.09. The molecule has 0 saturated carbocycles. The first-order valence-corrected chi connectivity index (χ1v) is 11.4. The molecule has 0 aromatic heterocycles. The Hall–Kier alpha value is -1.99. The summed E-state index contributed by atoms with van der Waals surface area (Å²) in [5.41, 5.74) is 1.11. The molecule has 0 unspecified atom stereocenters. The molecule has 2 fully saturated rings. The lowest BCUT2D eigenvalue weighted by atomic mass is 10.0. The second-order valence-electron chi connectivity index (χ2n) is 8.49. The van der Waals surface area contributed by atoms with Crippen LogP contribution in [0, 0.1) is 5.92 Å². The van der Waals surface area contributed by atoms with Gasteiger partial charge in [0.05, 0.1) is 25.5 Å². The number of para-hydroxylation sites is 2. The van der Waals surface area contributed by atoms with Crippen LogP contribution in [0.4, 0.5) is 10.5 Å². The highest BCUT2D eigenvalue weighted by atomic mass is 16.5. The van der Waals surface area contributed by atoms with Gasteiger partial charge in [-0.3, -0.25) is 4.90 Å². The fourth-order valence-electron chi connectivity index (χ4n) is 4.31. The van der Waals surface area contributed by atoms with Crippen molar-refractivity contribution in [3.05, 3.63) is 24.3 Å². The van der Waals surface area contributed by atoms with E-state index in [1.165, 1.54) is 0 Å². The number of carbonyl (C=O) groups excluding carboxylic acids is 1. The van der Waals surface area contributed by atoms with Gasteiger partial charge in [-0.1, -0.05) is 26.0 Å². The molecule has 2 aliphatic heterocycles. The van der Waals surface area contributed by atoms with Gasteiger partial charge in [0.1, 0.15) is 5.75 Å². The Morgan fingerprint density at radius 2 is 1.80 bits per heavy atom. The molecule has 0 radical (unpaired) electrons. The molecule has 1 aromatic rings. The Morgan fingerprint density at radius 3 is 2.47 bits per heavy atom. The van der Waals surface area contributed by atoms with Crippen LogP contribution in [0.25, 0.3) is 0 Å². The topological polar surface area (TPSA) is 57.3 Å². The fourth-order valence-corrected chi connectivity index (χ4v) is 4.31. The van der Waals surface area contributed by atoms with E-state index in [1.54, 1.807) is 0 Å². The second-order valence-corrected chi connectivity index (χ2v) is 8.49. The normalized spacial score (nSPS) is 19.1. The van der Waals surface area contributed by atoms with Crippen molar-refractivity contribution < 1.29 is 14.3 Å². The molecule has 168 valence electrons. The van der Waals surface area contributed by atoms with Crippen LogP contribution in [-0.2, 0) is 4.74 Å². The van der Waals surface area contributed by atoms with E-state index in [1.807, 2.05) is 30.0 Å². The molecule has 0 aliphatic carbocycles. The third-order valence-electron chi connectivity index (χ3n) is 5.87. The number of urea groups is 1. The minimum atomic E-state index is 0.0507. The van der Waals surface area contributed by atoms with E-state index >= 15 is 0 Å². The largest absolute Gasteiger partial charge is 0.492 e. The van der Waals surface area contributed by atoms with Crippen LogP contribution in [0.5, 0.6) is 5.75 Å². The number of nitrogens with one attached hydrogen (secondary N) is 1. The van der Waals surface area contributed by atoms with Crippen LogP contribution in [0.1, 0.15) is 27.2 Å². The number of piperazine rings is 1. The molecule has 7 heteroatoms. The molecule has 3 rings (SSSR count). The monoisotopic (exact) mass is 418 g/mol. The van der Waals surface area contributed by atoms with E-state index in [0.29, 0.717) is 25.1 Å². The van der Waals surface area contributed by atoms with E-state index in [9.17, 15) is 4.79 Å². The van der Waals surface area contributed by atoms with Crippen molar-refractivity contribution in [1.29, 1.82) is 0 Å². The smallest absolute Gasteiger partial charge is 0.317 e. The number of rotatable bonds is 8. The van der Waals surface area contributed by atoms with Crippen LogP contribution in [0.3, 0.4) is 0 Å². The van der Waals surface area contributed by atoms with Gasteiger partial charge in [0.25, 0.3) is 0 Å². The lowest BCUT2D eigenvalue weighted by Gasteiger charge is -2.38. The minimum absolute atomic E-state index is 0.0507. The van der Waals surface area contributed by atoms with E-state index in [0.717, 1.165) is 70.3 Å². The Labute approximate surface area is 181 Å². The third-order valence-corrected chi connectivity index (χ3v) is 5.87. The van der Waals surface area contributed by atoms with Crippen LogP contribution < -0.4 is 15.0 Å². The number of morpholine rings is 1. The summed E-state index contributed by atoms with van der Waals surface area (Å²) in [6.45, 7) is 14.4. The first-order chi connectivity index (χ1) is 14.6. The highest BCUT2D eigenvalue weighted by Gasteiger charge is 2.26. The van der Waals surface area contributed by atoms with Crippen LogP contribution in [0.2, 0.25) is 0 Å². The summed E-state index contributed by atoms with van der Waals surface area (Å²) in [5.74, 6) is 1.52. The van der Waals surface area contributed by atoms with E-state index in [2.05, 4.69) is 35.0 Å². The van der Waals surface area contributed by atoms with Gasteiger partial charge in [0.15, 0.2) is 0 Å². The zero-order chi connectivity index (χ0) is 21.3. The van der Waals surface area contributed by atoms with Gasteiger partial charge in [-0.05, 0) is 31.4 Å². The number of amides is 2. The molecule has 1 N–H and O–H groups in total. The third kappa shape index (κ3) is 6.25. The molecular weight excluding hydrogens is 380 g/mol. The number of hydrogen-bond donors (Lipinski definition) is 1. The van der Waals surface area contributed by atoms with Crippen LogP contribution in [0.15, 0.2) is 24.3 Å². The number of anilines is 1. The quantitative estimate of drug-likeness (QED) is 0.703. The highest BCUT2D eigenvalue weighted by Crippen LogP contribution is 2.28. The summed E-state index contributed by atoms with van der Waals surface area (Å²) >= 11 is 0. The number of carbonyl (C=O) groups is 1. The molecule has 1 aromatic carbocycles. The standard InChI is InChI=1S/C23H38N4O3/c1-4-30-22-8-6-5-7-21(22)26-9-11-27(12-10-26)23(28)24-18-20(17-19(2)3)25-13-15-29-16-14-25/h5-8,19-20H,4,9-18H2,1-3H3,(H,24,28)/t20-/m0/s1. The van der Waals surface area contributed by atoms with Gasteiger partial charge in [0, 0.05) is 51.9 Å². The molecule has 2 saturated heterocycles. The summed E-state index contributed by atoms with van der Waals surface area (Å²) in [5, 5.41) is 3.20. The maximum Gasteiger partial charge on any atom is 0.317 e. The van der Waals surface area contributed by atoms with Crippen molar-refractivity contribution in [1.82, 2.24) is 15.1 Å². The lowest BCUT2D eigenvalue weighted by molar-refractivity contribution is 0.0127. The molecule has 0 spiro atoms. The SMILES string of the molecule is CCOc1ccccc1N1CCN(C(=O)NC[C@H](CC(C)C)N2CCOCC2)CC1. The predicted molar refractivity (Wildman–Crippen MR) is 120 cm³/mol. The maximum absolute atomic E-state index is 12.8. The Kier molecular flexibility index (Phi) is 8.63. The first-order valence-electron chi connectivity index (χ1n) is 11.4. The Morgan fingerprint density at radius 1 is 1.10 bits per heavy atom. The zero-order valence-electron chi connectivity index (χ0n) is 18.8. The first kappa shape index (κ1) is 22.7. The highest BCUT2D eigenvalue weighted by molar-refractivity contribution is 5.74. The maximum atomic E-state index is 12.8. The summed E-state index contributed by atoms with van der Waals surface area (Å²) in [6, 6.07) is 8.57. The number of hydrogen-bond acceptors (Lipinski definition) is 5. The summed E-state index contributed by atoms with van der Waals surface area (Å²) in [7, 11) is 0. The van der Waals surface area contributed by atoms with Crippen molar-refractivity contribution in [2.75, 3.05) is 70.5 Å². The summed E-state index contributed by atoms with van der Waals surface area (Å²) < 4.78 is 11.3. The van der Waals surface area contributed by atoms with Crippen molar-refractivity contribution in [3.8, 4) is 5.75 Å². The number of nitrogens with zero attached hydrogens (tertiary/aromatic N) is 3. The van der Waals surface area contributed by atoms with Crippen LogP contribution in [-0.4, -0.2) is 87.5 Å². The van der Waals surface area contributed by atoms with Crippen molar-refractivity contribution >= 4 is 11.7 Å². The number of ether oxygens (including phenoxy) is 2. The van der Waals surface area contributed by atoms with E-state index in [-0.39, 0.29) is 6.03 Å². The van der Waals surface area contributed by atoms with E-state index in [4.69, 9.17) is 9.47 Å². The molecule has 2 amide bonds. The molecule has 30 heavy (non-hydrogen) atoms. The molecule has 2 aliphatic rings.